The summed E-state index contributed by atoms with van der Waals surface area (Å²) in [6.45, 7) is 6.43. The third-order valence-electron chi connectivity index (χ3n) is 3.23. The van der Waals surface area contributed by atoms with Crippen LogP contribution in [0, 0.1) is 11.8 Å². The molecular formula is C12H23NO3. The van der Waals surface area contributed by atoms with Gasteiger partial charge in [-0.25, -0.2) is 0 Å². The molecule has 1 fully saturated rings. The van der Waals surface area contributed by atoms with Gasteiger partial charge < -0.3 is 9.84 Å². The van der Waals surface area contributed by atoms with E-state index in [2.05, 4.69) is 4.90 Å². The Morgan fingerprint density at radius 1 is 1.56 bits per heavy atom. The molecule has 0 aromatic rings. The number of hydrogen-bond donors (Lipinski definition) is 1. The maximum absolute atomic E-state index is 11.2. The molecule has 0 spiro atoms. The number of nitrogens with zero attached hydrogens (tertiary/aromatic N) is 1. The summed E-state index contributed by atoms with van der Waals surface area (Å²) in [5.74, 6) is -0.0637. The maximum Gasteiger partial charge on any atom is 0.321 e. The van der Waals surface area contributed by atoms with Crippen LogP contribution in [0.1, 0.15) is 26.7 Å². The molecule has 94 valence electrons. The van der Waals surface area contributed by atoms with Gasteiger partial charge >= 0.3 is 5.97 Å². The van der Waals surface area contributed by atoms with Crippen molar-refractivity contribution in [3.8, 4) is 0 Å². The quantitative estimate of drug-likeness (QED) is 0.775. The summed E-state index contributed by atoms with van der Waals surface area (Å²) in [6, 6.07) is -0.348. The lowest BCUT2D eigenvalue weighted by Crippen LogP contribution is -2.49. The fraction of sp³-hybridized carbons (Fsp3) is 0.917. The van der Waals surface area contributed by atoms with Crippen LogP contribution < -0.4 is 0 Å². The normalized spacial score (nSPS) is 24.6. The number of rotatable bonds is 5. The van der Waals surface area contributed by atoms with Gasteiger partial charge in [-0.2, -0.15) is 0 Å². The van der Waals surface area contributed by atoms with Gasteiger partial charge in [-0.15, -0.1) is 0 Å². The minimum atomic E-state index is -0.701. The Hall–Kier alpha value is -0.610. The van der Waals surface area contributed by atoms with Crippen LogP contribution >= 0.6 is 0 Å². The average molecular weight is 229 g/mol. The lowest BCUT2D eigenvalue weighted by Gasteiger charge is -2.37. The van der Waals surface area contributed by atoms with Crippen LogP contribution in [0.25, 0.3) is 0 Å². The SMILES string of the molecule is COCC1CCCN(C(C(=O)O)C(C)C)C1. The predicted octanol–water partition coefficient (Wildman–Crippen LogP) is 1.45. The summed E-state index contributed by atoms with van der Waals surface area (Å²) in [7, 11) is 1.70. The molecule has 1 N–H and O–H groups in total. The summed E-state index contributed by atoms with van der Waals surface area (Å²) >= 11 is 0. The van der Waals surface area contributed by atoms with E-state index in [9.17, 15) is 9.90 Å². The average Bonchev–Trinajstić information content (AvgIpc) is 2.17. The van der Waals surface area contributed by atoms with E-state index in [0.29, 0.717) is 5.92 Å². The van der Waals surface area contributed by atoms with Crippen molar-refractivity contribution in [2.75, 3.05) is 26.8 Å². The van der Waals surface area contributed by atoms with Gasteiger partial charge in [0, 0.05) is 13.7 Å². The van der Waals surface area contributed by atoms with Gasteiger partial charge in [0.1, 0.15) is 6.04 Å². The Bertz CT molecular complexity index is 228. The molecule has 0 saturated carbocycles. The highest BCUT2D eigenvalue weighted by molar-refractivity contribution is 5.73. The first-order valence-corrected chi connectivity index (χ1v) is 6.02. The van der Waals surface area contributed by atoms with Crippen molar-refractivity contribution in [3.63, 3.8) is 0 Å². The van der Waals surface area contributed by atoms with E-state index in [1.54, 1.807) is 7.11 Å². The van der Waals surface area contributed by atoms with E-state index in [1.807, 2.05) is 13.8 Å². The van der Waals surface area contributed by atoms with Gasteiger partial charge in [-0.05, 0) is 31.2 Å². The first kappa shape index (κ1) is 13.5. The second-order valence-corrected chi connectivity index (χ2v) is 4.99. The lowest BCUT2D eigenvalue weighted by atomic mass is 9.94. The van der Waals surface area contributed by atoms with E-state index in [-0.39, 0.29) is 12.0 Å². The molecule has 1 aliphatic rings. The molecule has 2 unspecified atom stereocenters. The van der Waals surface area contributed by atoms with E-state index in [4.69, 9.17) is 4.74 Å². The molecule has 1 saturated heterocycles. The third kappa shape index (κ3) is 3.46. The molecule has 4 heteroatoms. The van der Waals surface area contributed by atoms with Crippen molar-refractivity contribution in [2.45, 2.75) is 32.7 Å². The molecule has 16 heavy (non-hydrogen) atoms. The van der Waals surface area contributed by atoms with E-state index < -0.39 is 5.97 Å². The highest BCUT2D eigenvalue weighted by Gasteiger charge is 2.32. The first-order valence-electron chi connectivity index (χ1n) is 6.02. The number of aliphatic carboxylic acids is 1. The van der Waals surface area contributed by atoms with Crippen LogP contribution in [0.3, 0.4) is 0 Å². The van der Waals surface area contributed by atoms with Gasteiger partial charge in [0.2, 0.25) is 0 Å². The van der Waals surface area contributed by atoms with Crippen molar-refractivity contribution < 1.29 is 14.6 Å². The van der Waals surface area contributed by atoms with E-state index in [1.165, 1.54) is 0 Å². The topological polar surface area (TPSA) is 49.8 Å². The minimum Gasteiger partial charge on any atom is -0.480 e. The zero-order chi connectivity index (χ0) is 12.1. The van der Waals surface area contributed by atoms with E-state index >= 15 is 0 Å². The Labute approximate surface area is 97.6 Å². The third-order valence-corrected chi connectivity index (χ3v) is 3.23. The van der Waals surface area contributed by atoms with Crippen molar-refractivity contribution in [2.24, 2.45) is 11.8 Å². The predicted molar refractivity (Wildman–Crippen MR) is 62.4 cm³/mol. The molecule has 0 aliphatic carbocycles. The lowest BCUT2D eigenvalue weighted by molar-refractivity contribution is -0.146. The highest BCUT2D eigenvalue weighted by atomic mass is 16.5. The van der Waals surface area contributed by atoms with Crippen molar-refractivity contribution in [1.82, 2.24) is 4.90 Å². The Balaban J connectivity index is 2.59. The fourth-order valence-corrected chi connectivity index (χ4v) is 2.58. The standard InChI is InChI=1S/C12H23NO3/c1-9(2)11(12(14)15)13-6-4-5-10(7-13)8-16-3/h9-11H,4-8H2,1-3H3,(H,14,15). The van der Waals surface area contributed by atoms with Crippen LogP contribution in [0.2, 0.25) is 0 Å². The van der Waals surface area contributed by atoms with Gasteiger partial charge in [-0.1, -0.05) is 13.8 Å². The van der Waals surface area contributed by atoms with Crippen molar-refractivity contribution in [1.29, 1.82) is 0 Å². The zero-order valence-electron chi connectivity index (χ0n) is 10.5. The van der Waals surface area contributed by atoms with Crippen molar-refractivity contribution in [3.05, 3.63) is 0 Å². The molecule has 1 heterocycles. The number of carbonyl (C=O) groups is 1. The van der Waals surface area contributed by atoms with Gasteiger partial charge in [0.05, 0.1) is 6.61 Å². The number of hydrogen-bond acceptors (Lipinski definition) is 3. The van der Waals surface area contributed by atoms with E-state index in [0.717, 1.165) is 32.5 Å². The van der Waals surface area contributed by atoms with Crippen LogP contribution in [0.15, 0.2) is 0 Å². The molecule has 0 aromatic heterocycles. The molecule has 1 rings (SSSR count). The monoisotopic (exact) mass is 229 g/mol. The van der Waals surface area contributed by atoms with Gasteiger partial charge in [0.25, 0.3) is 0 Å². The molecule has 2 atom stereocenters. The minimum absolute atomic E-state index is 0.152. The molecule has 4 nitrogen and oxygen atoms in total. The zero-order valence-corrected chi connectivity index (χ0v) is 10.5. The Morgan fingerprint density at radius 3 is 2.75 bits per heavy atom. The molecule has 0 amide bonds. The summed E-state index contributed by atoms with van der Waals surface area (Å²) in [5, 5.41) is 9.24. The fourth-order valence-electron chi connectivity index (χ4n) is 2.58. The molecule has 0 bridgehead atoms. The number of likely N-dealkylation sites (tertiary alicyclic amines) is 1. The summed E-state index contributed by atoms with van der Waals surface area (Å²) in [5.41, 5.74) is 0. The number of piperidine rings is 1. The van der Waals surface area contributed by atoms with Crippen LogP contribution in [0.5, 0.6) is 0 Å². The number of methoxy groups -OCH3 is 1. The molecular weight excluding hydrogens is 206 g/mol. The Morgan fingerprint density at radius 2 is 2.25 bits per heavy atom. The van der Waals surface area contributed by atoms with Gasteiger partial charge in [-0.3, -0.25) is 9.69 Å². The smallest absolute Gasteiger partial charge is 0.321 e. The Kier molecular flexibility index (Phi) is 5.22. The maximum atomic E-state index is 11.2. The molecule has 0 aromatic carbocycles. The van der Waals surface area contributed by atoms with Crippen LogP contribution in [-0.2, 0) is 9.53 Å². The van der Waals surface area contributed by atoms with Crippen molar-refractivity contribution >= 4 is 5.97 Å². The second-order valence-electron chi connectivity index (χ2n) is 4.99. The van der Waals surface area contributed by atoms with Crippen LogP contribution in [0.4, 0.5) is 0 Å². The summed E-state index contributed by atoms with van der Waals surface area (Å²) in [6.07, 6.45) is 2.22. The summed E-state index contributed by atoms with van der Waals surface area (Å²) in [4.78, 5) is 13.3. The van der Waals surface area contributed by atoms with Crippen LogP contribution in [-0.4, -0.2) is 48.8 Å². The number of carboxylic acids is 1. The number of carboxylic acid groups (broad SMARTS) is 1. The van der Waals surface area contributed by atoms with Gasteiger partial charge in [0.15, 0.2) is 0 Å². The molecule has 1 aliphatic heterocycles. The number of ether oxygens (including phenoxy) is 1. The largest absolute Gasteiger partial charge is 0.480 e. The first-order chi connectivity index (χ1) is 7.56. The second kappa shape index (κ2) is 6.21. The highest BCUT2D eigenvalue weighted by Crippen LogP contribution is 2.22. The summed E-state index contributed by atoms with van der Waals surface area (Å²) < 4.78 is 5.16. The molecule has 0 radical (unpaired) electrons.